The quantitative estimate of drug-likeness (QED) is 0.842. The average molecular weight is 262 g/mol. The third kappa shape index (κ3) is 2.38. The predicted molar refractivity (Wildman–Crippen MR) is 70.2 cm³/mol. The Morgan fingerprint density at radius 2 is 2.00 bits per heavy atom. The van der Waals surface area contributed by atoms with Crippen LogP contribution in [0.25, 0.3) is 11.5 Å². The summed E-state index contributed by atoms with van der Waals surface area (Å²) in [4.78, 5) is 6.38. The molecule has 0 saturated carbocycles. The fraction of sp³-hybridized carbons (Fsp3) is 0.385. The molecule has 0 atom stereocenters. The highest BCUT2D eigenvalue weighted by molar-refractivity contribution is 5.70. The van der Waals surface area contributed by atoms with Gasteiger partial charge in [-0.25, -0.2) is 4.39 Å². The van der Waals surface area contributed by atoms with E-state index < -0.39 is 0 Å². The van der Waals surface area contributed by atoms with E-state index >= 15 is 0 Å². The van der Waals surface area contributed by atoms with E-state index in [1.54, 1.807) is 0 Å². The molecular formula is C13H15FN4O. The molecule has 0 bridgehead atoms. The van der Waals surface area contributed by atoms with Gasteiger partial charge in [-0.3, -0.25) is 0 Å². The molecule has 0 amide bonds. The Balaban J connectivity index is 1.89. The highest BCUT2D eigenvalue weighted by Gasteiger charge is 2.18. The number of halogens is 1. The molecule has 3 rings (SSSR count). The highest BCUT2D eigenvalue weighted by Crippen LogP contribution is 2.27. The van der Waals surface area contributed by atoms with Crippen LogP contribution in [0.3, 0.4) is 0 Å². The Hall–Kier alpha value is -2.11. The number of benzene rings is 1. The molecule has 5 nitrogen and oxygen atoms in total. The topological polar surface area (TPSA) is 68.2 Å². The minimum atomic E-state index is -0.373. The number of piperidine rings is 1. The lowest BCUT2D eigenvalue weighted by atomic mass is 10.1. The lowest BCUT2D eigenvalue weighted by Crippen LogP contribution is -2.30. The van der Waals surface area contributed by atoms with Crippen LogP contribution < -0.4 is 10.6 Å². The zero-order valence-electron chi connectivity index (χ0n) is 10.5. The summed E-state index contributed by atoms with van der Waals surface area (Å²) in [6, 6.07) is 4.11. The Morgan fingerprint density at radius 3 is 2.79 bits per heavy atom. The molecule has 1 saturated heterocycles. The molecule has 0 spiro atoms. The summed E-state index contributed by atoms with van der Waals surface area (Å²) in [5, 5.41) is 3.95. The summed E-state index contributed by atoms with van der Waals surface area (Å²) in [6.07, 6.45) is 3.50. The van der Waals surface area contributed by atoms with Crippen LogP contribution in [-0.2, 0) is 0 Å². The van der Waals surface area contributed by atoms with Crippen LogP contribution in [0.15, 0.2) is 22.7 Å². The van der Waals surface area contributed by atoms with Gasteiger partial charge in [0.15, 0.2) is 0 Å². The van der Waals surface area contributed by atoms with E-state index in [0.29, 0.717) is 17.2 Å². The van der Waals surface area contributed by atoms with Crippen molar-refractivity contribution in [3.63, 3.8) is 0 Å². The minimum Gasteiger partial charge on any atom is -0.398 e. The number of nitrogens with zero attached hydrogens (tertiary/aromatic N) is 3. The number of hydrogen-bond donors (Lipinski definition) is 1. The molecule has 2 aromatic rings. The van der Waals surface area contributed by atoms with Crippen LogP contribution in [0.2, 0.25) is 0 Å². The number of nitrogen functional groups attached to an aromatic ring is 1. The summed E-state index contributed by atoms with van der Waals surface area (Å²) in [5.41, 5.74) is 6.67. The maximum Gasteiger partial charge on any atom is 0.266 e. The first-order valence-electron chi connectivity index (χ1n) is 6.38. The van der Waals surface area contributed by atoms with Crippen LogP contribution >= 0.6 is 0 Å². The van der Waals surface area contributed by atoms with Crippen LogP contribution in [0.5, 0.6) is 0 Å². The molecule has 1 aliphatic rings. The zero-order chi connectivity index (χ0) is 13.2. The van der Waals surface area contributed by atoms with Gasteiger partial charge in [0.2, 0.25) is 0 Å². The van der Waals surface area contributed by atoms with Gasteiger partial charge in [-0.15, -0.1) is 0 Å². The van der Waals surface area contributed by atoms with Crippen molar-refractivity contribution < 1.29 is 8.91 Å². The van der Waals surface area contributed by atoms with Crippen LogP contribution in [0.4, 0.5) is 16.0 Å². The molecule has 2 heterocycles. The molecule has 0 unspecified atom stereocenters. The third-order valence-corrected chi connectivity index (χ3v) is 3.30. The molecule has 0 aliphatic carbocycles. The predicted octanol–water partition coefficient (Wildman–Crippen LogP) is 2.45. The first-order valence-corrected chi connectivity index (χ1v) is 6.38. The summed E-state index contributed by atoms with van der Waals surface area (Å²) in [7, 11) is 0. The maximum atomic E-state index is 13.2. The molecule has 100 valence electrons. The van der Waals surface area contributed by atoms with Gasteiger partial charge in [-0.1, -0.05) is 0 Å². The fourth-order valence-corrected chi connectivity index (χ4v) is 2.26. The molecule has 1 aromatic heterocycles. The van der Waals surface area contributed by atoms with Gasteiger partial charge in [0.1, 0.15) is 5.82 Å². The van der Waals surface area contributed by atoms with Crippen LogP contribution in [0.1, 0.15) is 19.3 Å². The van der Waals surface area contributed by atoms with E-state index in [-0.39, 0.29) is 11.7 Å². The molecule has 6 heteroatoms. The molecule has 2 N–H and O–H groups in total. The minimum absolute atomic E-state index is 0.262. The van der Waals surface area contributed by atoms with Crippen molar-refractivity contribution in [1.29, 1.82) is 0 Å². The van der Waals surface area contributed by atoms with Crippen molar-refractivity contribution in [2.45, 2.75) is 19.3 Å². The average Bonchev–Trinajstić information content (AvgIpc) is 2.92. The summed E-state index contributed by atoms with van der Waals surface area (Å²) in [6.45, 7) is 1.86. The molecule has 1 aliphatic heterocycles. The van der Waals surface area contributed by atoms with E-state index in [2.05, 4.69) is 15.0 Å². The van der Waals surface area contributed by atoms with Gasteiger partial charge in [0, 0.05) is 18.8 Å². The maximum absolute atomic E-state index is 13.2. The largest absolute Gasteiger partial charge is 0.398 e. The Kier molecular flexibility index (Phi) is 3.06. The zero-order valence-corrected chi connectivity index (χ0v) is 10.5. The van der Waals surface area contributed by atoms with Crippen LogP contribution in [0, 0.1) is 5.82 Å². The normalized spacial score (nSPS) is 15.7. The van der Waals surface area contributed by atoms with Crippen molar-refractivity contribution in [1.82, 2.24) is 10.1 Å². The summed E-state index contributed by atoms with van der Waals surface area (Å²) < 4.78 is 18.4. The van der Waals surface area contributed by atoms with Gasteiger partial charge in [0.05, 0.1) is 5.56 Å². The standard InChI is InChI=1S/C13H15FN4O/c14-9-4-5-11(15)10(8-9)12-16-13(17-19-12)18-6-2-1-3-7-18/h4-5,8H,1-3,6-7,15H2. The molecule has 19 heavy (non-hydrogen) atoms. The smallest absolute Gasteiger partial charge is 0.266 e. The van der Waals surface area contributed by atoms with Gasteiger partial charge in [-0.05, 0) is 42.6 Å². The Bertz CT molecular complexity index is 578. The molecular weight excluding hydrogens is 247 g/mol. The van der Waals surface area contributed by atoms with Crippen molar-refractivity contribution in [3.05, 3.63) is 24.0 Å². The molecule has 1 fully saturated rings. The highest BCUT2D eigenvalue weighted by atomic mass is 19.1. The number of rotatable bonds is 2. The summed E-state index contributed by atoms with van der Waals surface area (Å²) in [5.74, 6) is 0.442. The van der Waals surface area contributed by atoms with Crippen molar-refractivity contribution >= 4 is 11.6 Å². The Morgan fingerprint density at radius 1 is 1.21 bits per heavy atom. The van der Waals surface area contributed by atoms with Crippen molar-refractivity contribution in [3.8, 4) is 11.5 Å². The van der Waals surface area contributed by atoms with Crippen LogP contribution in [-0.4, -0.2) is 23.2 Å². The second kappa shape index (κ2) is 4.87. The number of nitrogens with two attached hydrogens (primary N) is 1. The van der Waals surface area contributed by atoms with E-state index in [0.717, 1.165) is 25.9 Å². The first kappa shape index (κ1) is 12.0. The second-order valence-corrected chi connectivity index (χ2v) is 4.68. The molecule has 1 aromatic carbocycles. The fourth-order valence-electron chi connectivity index (χ4n) is 2.26. The Labute approximate surface area is 110 Å². The number of aromatic nitrogens is 2. The van der Waals surface area contributed by atoms with E-state index in [4.69, 9.17) is 10.3 Å². The van der Waals surface area contributed by atoms with E-state index in [1.165, 1.54) is 24.6 Å². The lowest BCUT2D eigenvalue weighted by molar-refractivity contribution is 0.426. The van der Waals surface area contributed by atoms with Crippen molar-refractivity contribution in [2.24, 2.45) is 0 Å². The lowest BCUT2D eigenvalue weighted by Gasteiger charge is -2.24. The number of hydrogen-bond acceptors (Lipinski definition) is 5. The van der Waals surface area contributed by atoms with Gasteiger partial charge in [-0.2, -0.15) is 4.98 Å². The van der Waals surface area contributed by atoms with E-state index in [9.17, 15) is 4.39 Å². The second-order valence-electron chi connectivity index (χ2n) is 4.68. The third-order valence-electron chi connectivity index (χ3n) is 3.30. The number of anilines is 2. The van der Waals surface area contributed by atoms with Gasteiger partial charge < -0.3 is 15.2 Å². The monoisotopic (exact) mass is 262 g/mol. The van der Waals surface area contributed by atoms with Gasteiger partial charge >= 0.3 is 0 Å². The van der Waals surface area contributed by atoms with Crippen molar-refractivity contribution in [2.75, 3.05) is 23.7 Å². The SMILES string of the molecule is Nc1ccc(F)cc1-c1nc(N2CCCCC2)no1. The van der Waals surface area contributed by atoms with Gasteiger partial charge in [0.25, 0.3) is 11.8 Å². The van der Waals surface area contributed by atoms with E-state index in [1.807, 2.05) is 0 Å². The summed E-state index contributed by atoms with van der Waals surface area (Å²) >= 11 is 0. The first-order chi connectivity index (χ1) is 9.24. The molecule has 0 radical (unpaired) electrons.